The number of anilines is 1. The third-order valence-electron chi connectivity index (χ3n) is 2.06. The Morgan fingerprint density at radius 2 is 2.14 bits per heavy atom. The van der Waals surface area contributed by atoms with Gasteiger partial charge in [-0.2, -0.15) is 5.32 Å². The van der Waals surface area contributed by atoms with E-state index in [-0.39, 0.29) is 12.5 Å². The summed E-state index contributed by atoms with van der Waals surface area (Å²) in [6.07, 6.45) is 0. The summed E-state index contributed by atoms with van der Waals surface area (Å²) >= 11 is 0. The van der Waals surface area contributed by atoms with Gasteiger partial charge in [-0.15, -0.1) is 0 Å². The first kappa shape index (κ1) is 8.74. The van der Waals surface area contributed by atoms with Crippen molar-refractivity contribution in [3.63, 3.8) is 0 Å². The Kier molecular flexibility index (Phi) is 1.96. The maximum absolute atomic E-state index is 11.2. The zero-order chi connectivity index (χ0) is 10.1. The van der Waals surface area contributed by atoms with Crippen molar-refractivity contribution in [1.82, 2.24) is 5.32 Å². The Labute approximate surface area is 81.5 Å². The molecule has 1 aliphatic heterocycles. The van der Waals surface area contributed by atoms with Gasteiger partial charge >= 0.3 is 6.03 Å². The molecule has 1 radical (unpaired) electrons. The van der Waals surface area contributed by atoms with E-state index in [1.807, 2.05) is 25.1 Å². The summed E-state index contributed by atoms with van der Waals surface area (Å²) in [5, 5.41) is 3.32. The summed E-state index contributed by atoms with van der Waals surface area (Å²) in [5.41, 5.74) is 1.78. The number of nitrogens with zero attached hydrogens (tertiary/aromatic N) is 2. The van der Waals surface area contributed by atoms with Gasteiger partial charge in [0, 0.05) is 5.69 Å². The standard InChI is InChI=1S/C10H9N2O2/c1-7-3-2-4-8(5-7)12-6-9(13)11-10(12)14/h2-5H,6H2,1H3. The van der Waals surface area contributed by atoms with Crippen molar-refractivity contribution in [3.05, 3.63) is 29.8 Å². The van der Waals surface area contributed by atoms with Crippen molar-refractivity contribution in [1.29, 1.82) is 0 Å². The number of rotatable bonds is 1. The molecule has 0 spiro atoms. The Hall–Kier alpha value is -1.84. The van der Waals surface area contributed by atoms with Crippen LogP contribution in [0.5, 0.6) is 0 Å². The Morgan fingerprint density at radius 3 is 2.71 bits per heavy atom. The van der Waals surface area contributed by atoms with Crippen molar-refractivity contribution in [3.8, 4) is 0 Å². The summed E-state index contributed by atoms with van der Waals surface area (Å²) in [7, 11) is 0. The van der Waals surface area contributed by atoms with Gasteiger partial charge in [0.25, 0.3) is 5.91 Å². The maximum Gasteiger partial charge on any atom is 0.351 e. The monoisotopic (exact) mass is 189 g/mol. The smallest absolute Gasteiger partial charge is 0.283 e. The predicted octanol–water partition coefficient (Wildman–Crippen LogP) is 1.07. The molecule has 1 heterocycles. The molecule has 1 aromatic carbocycles. The van der Waals surface area contributed by atoms with E-state index in [1.54, 1.807) is 6.07 Å². The van der Waals surface area contributed by atoms with E-state index < -0.39 is 6.03 Å². The normalized spacial score (nSPS) is 15.9. The topological polar surface area (TPSA) is 51.5 Å². The quantitative estimate of drug-likeness (QED) is 0.620. The molecular formula is C10H9N2O2. The summed E-state index contributed by atoms with van der Waals surface area (Å²) in [6, 6.07) is 6.95. The molecule has 14 heavy (non-hydrogen) atoms. The van der Waals surface area contributed by atoms with Crippen LogP contribution in [0.15, 0.2) is 24.3 Å². The summed E-state index contributed by atoms with van der Waals surface area (Å²) in [6.45, 7) is 1.99. The Morgan fingerprint density at radius 1 is 1.36 bits per heavy atom. The summed E-state index contributed by atoms with van der Waals surface area (Å²) < 4.78 is 0. The number of aryl methyl sites for hydroxylation is 1. The lowest BCUT2D eigenvalue weighted by Gasteiger charge is -2.12. The van der Waals surface area contributed by atoms with Crippen molar-refractivity contribution in [2.75, 3.05) is 11.4 Å². The van der Waals surface area contributed by atoms with Crippen LogP contribution in [0.2, 0.25) is 0 Å². The molecule has 4 heteroatoms. The molecular weight excluding hydrogens is 180 g/mol. The highest BCUT2D eigenvalue weighted by Crippen LogP contribution is 2.18. The van der Waals surface area contributed by atoms with Gasteiger partial charge < -0.3 is 0 Å². The molecule has 0 aromatic heterocycles. The highest BCUT2D eigenvalue weighted by atomic mass is 16.2. The zero-order valence-corrected chi connectivity index (χ0v) is 7.73. The first-order valence-electron chi connectivity index (χ1n) is 4.29. The van der Waals surface area contributed by atoms with Gasteiger partial charge in [-0.25, -0.2) is 4.79 Å². The third-order valence-corrected chi connectivity index (χ3v) is 2.06. The minimum absolute atomic E-state index is 0.0578. The fourth-order valence-corrected chi connectivity index (χ4v) is 1.40. The van der Waals surface area contributed by atoms with Crippen LogP contribution >= 0.6 is 0 Å². The van der Waals surface area contributed by atoms with Gasteiger partial charge in [0.1, 0.15) is 6.54 Å². The van der Waals surface area contributed by atoms with Crippen LogP contribution in [0.3, 0.4) is 0 Å². The van der Waals surface area contributed by atoms with Crippen LogP contribution in [-0.4, -0.2) is 18.5 Å². The highest BCUT2D eigenvalue weighted by molar-refractivity contribution is 6.11. The van der Waals surface area contributed by atoms with Crippen molar-refractivity contribution in [2.45, 2.75) is 6.92 Å². The molecule has 1 fully saturated rings. The minimum atomic E-state index is -0.472. The zero-order valence-electron chi connectivity index (χ0n) is 7.73. The number of benzene rings is 1. The molecule has 0 aliphatic carbocycles. The molecule has 4 nitrogen and oxygen atoms in total. The molecule has 1 aromatic rings. The molecule has 0 unspecified atom stereocenters. The second-order valence-electron chi connectivity index (χ2n) is 3.21. The number of hydrogen-bond donors (Lipinski definition) is 0. The summed E-state index contributed by atoms with van der Waals surface area (Å²) in [5.74, 6) is -0.378. The number of urea groups is 1. The van der Waals surface area contributed by atoms with Crippen LogP contribution in [0.4, 0.5) is 10.5 Å². The van der Waals surface area contributed by atoms with E-state index in [0.717, 1.165) is 11.3 Å². The van der Waals surface area contributed by atoms with E-state index in [4.69, 9.17) is 0 Å². The molecule has 0 saturated carbocycles. The summed E-state index contributed by atoms with van der Waals surface area (Å²) in [4.78, 5) is 23.5. The van der Waals surface area contributed by atoms with E-state index in [2.05, 4.69) is 5.32 Å². The average Bonchev–Trinajstić information content (AvgIpc) is 2.45. The van der Waals surface area contributed by atoms with Gasteiger partial charge in [-0.3, -0.25) is 9.69 Å². The fraction of sp³-hybridized carbons (Fsp3) is 0.200. The molecule has 0 N–H and O–H groups in total. The lowest BCUT2D eigenvalue weighted by Crippen LogP contribution is -2.25. The number of hydrogen-bond acceptors (Lipinski definition) is 2. The van der Waals surface area contributed by atoms with Gasteiger partial charge in [0.05, 0.1) is 0 Å². The number of carbonyl (C=O) groups is 2. The van der Waals surface area contributed by atoms with E-state index in [1.165, 1.54) is 4.90 Å². The molecule has 71 valence electrons. The van der Waals surface area contributed by atoms with Crippen LogP contribution in [0, 0.1) is 6.92 Å². The van der Waals surface area contributed by atoms with Gasteiger partial charge in [-0.05, 0) is 24.6 Å². The molecule has 1 saturated heterocycles. The van der Waals surface area contributed by atoms with E-state index in [0.29, 0.717) is 0 Å². The van der Waals surface area contributed by atoms with Crippen molar-refractivity contribution < 1.29 is 9.59 Å². The first-order valence-corrected chi connectivity index (χ1v) is 4.29. The molecule has 1 aliphatic rings. The highest BCUT2D eigenvalue weighted by Gasteiger charge is 2.29. The van der Waals surface area contributed by atoms with Gasteiger partial charge in [-0.1, -0.05) is 12.1 Å². The third kappa shape index (κ3) is 1.46. The second-order valence-corrected chi connectivity index (χ2v) is 3.21. The fourth-order valence-electron chi connectivity index (χ4n) is 1.40. The molecule has 0 bridgehead atoms. The van der Waals surface area contributed by atoms with E-state index in [9.17, 15) is 9.59 Å². The lowest BCUT2D eigenvalue weighted by molar-refractivity contribution is -0.117. The largest absolute Gasteiger partial charge is 0.351 e. The SMILES string of the molecule is Cc1cccc(N2CC(=O)[N]C2=O)c1. The minimum Gasteiger partial charge on any atom is -0.283 e. The molecule has 2 rings (SSSR count). The Balaban J connectivity index is 2.31. The second kappa shape index (κ2) is 3.14. The van der Waals surface area contributed by atoms with Crippen LogP contribution in [0.25, 0.3) is 0 Å². The average molecular weight is 189 g/mol. The van der Waals surface area contributed by atoms with Crippen molar-refractivity contribution >= 4 is 17.6 Å². The van der Waals surface area contributed by atoms with Crippen molar-refractivity contribution in [2.24, 2.45) is 0 Å². The predicted molar refractivity (Wildman–Crippen MR) is 51.1 cm³/mol. The first-order chi connectivity index (χ1) is 6.66. The molecule has 3 amide bonds. The van der Waals surface area contributed by atoms with Crippen LogP contribution in [-0.2, 0) is 4.79 Å². The molecule has 0 atom stereocenters. The number of imide groups is 1. The Bertz CT molecular complexity index is 401. The van der Waals surface area contributed by atoms with Gasteiger partial charge in [0.2, 0.25) is 0 Å². The van der Waals surface area contributed by atoms with E-state index >= 15 is 0 Å². The number of carbonyl (C=O) groups excluding carboxylic acids is 2. The number of amides is 3. The van der Waals surface area contributed by atoms with Crippen LogP contribution < -0.4 is 10.2 Å². The maximum atomic E-state index is 11.2. The van der Waals surface area contributed by atoms with Crippen LogP contribution in [0.1, 0.15) is 5.56 Å². The lowest BCUT2D eigenvalue weighted by atomic mass is 10.2. The van der Waals surface area contributed by atoms with Gasteiger partial charge in [0.15, 0.2) is 0 Å².